The summed E-state index contributed by atoms with van der Waals surface area (Å²) in [5.74, 6) is -0.572. The maximum absolute atomic E-state index is 12.1. The van der Waals surface area contributed by atoms with Crippen molar-refractivity contribution in [3.05, 3.63) is 0 Å². The molecule has 0 bridgehead atoms. The molecule has 18 heavy (non-hydrogen) atoms. The Bertz CT molecular complexity index is 272. The molecule has 0 aromatic rings. The fourth-order valence-electron chi connectivity index (χ4n) is 2.73. The maximum Gasteiger partial charge on any atom is 0.303 e. The molecule has 104 valence electrons. The first-order chi connectivity index (χ1) is 8.65. The van der Waals surface area contributed by atoms with E-state index in [2.05, 4.69) is 0 Å². The standard InChI is InChI=1S/C14H25NO3/c1-2-15(12-8-4-3-5-9-12)13(16)10-6-7-11-14(17)18/h12H,2-11H2,1H3,(H,17,18). The van der Waals surface area contributed by atoms with E-state index < -0.39 is 5.97 Å². The Hall–Kier alpha value is -1.06. The van der Waals surface area contributed by atoms with Crippen LogP contribution in [0.15, 0.2) is 0 Å². The monoisotopic (exact) mass is 255 g/mol. The van der Waals surface area contributed by atoms with Crippen molar-refractivity contribution in [1.82, 2.24) is 4.90 Å². The van der Waals surface area contributed by atoms with Crippen LogP contribution >= 0.6 is 0 Å². The Labute approximate surface area is 109 Å². The zero-order valence-corrected chi connectivity index (χ0v) is 11.4. The highest BCUT2D eigenvalue weighted by Gasteiger charge is 2.23. The lowest BCUT2D eigenvalue weighted by molar-refractivity contribution is -0.138. The quantitative estimate of drug-likeness (QED) is 0.712. The van der Waals surface area contributed by atoms with Gasteiger partial charge in [0.05, 0.1) is 0 Å². The van der Waals surface area contributed by atoms with E-state index in [0.29, 0.717) is 25.3 Å². The molecule has 0 aliphatic heterocycles. The molecule has 4 heteroatoms. The van der Waals surface area contributed by atoms with Crippen molar-refractivity contribution in [3.63, 3.8) is 0 Å². The fraction of sp³-hybridized carbons (Fsp3) is 0.857. The zero-order valence-electron chi connectivity index (χ0n) is 11.4. The molecule has 4 nitrogen and oxygen atoms in total. The summed E-state index contributed by atoms with van der Waals surface area (Å²) in [5.41, 5.74) is 0. The summed E-state index contributed by atoms with van der Waals surface area (Å²) in [4.78, 5) is 24.5. The van der Waals surface area contributed by atoms with Gasteiger partial charge in [0.25, 0.3) is 0 Å². The third-order valence-corrected chi connectivity index (χ3v) is 3.71. The molecule has 1 amide bonds. The number of hydrogen-bond acceptors (Lipinski definition) is 2. The third-order valence-electron chi connectivity index (χ3n) is 3.71. The molecule has 0 saturated heterocycles. The number of unbranched alkanes of at least 4 members (excludes halogenated alkanes) is 1. The van der Waals surface area contributed by atoms with Gasteiger partial charge in [-0.15, -0.1) is 0 Å². The van der Waals surface area contributed by atoms with Crippen LogP contribution in [0, 0.1) is 0 Å². The van der Waals surface area contributed by atoms with Crippen molar-refractivity contribution in [1.29, 1.82) is 0 Å². The fourth-order valence-corrected chi connectivity index (χ4v) is 2.73. The van der Waals surface area contributed by atoms with Crippen LogP contribution in [0.3, 0.4) is 0 Å². The summed E-state index contributed by atoms with van der Waals surface area (Å²) in [6, 6.07) is 0.427. The van der Waals surface area contributed by atoms with E-state index in [1.54, 1.807) is 0 Å². The Morgan fingerprint density at radius 2 is 1.72 bits per heavy atom. The molecular formula is C14H25NO3. The molecule has 0 aromatic carbocycles. The summed E-state index contributed by atoms with van der Waals surface area (Å²) < 4.78 is 0. The lowest BCUT2D eigenvalue weighted by atomic mass is 9.94. The number of carboxylic acids is 1. The van der Waals surface area contributed by atoms with Gasteiger partial charge in [-0.25, -0.2) is 0 Å². The first-order valence-corrected chi connectivity index (χ1v) is 7.16. The first-order valence-electron chi connectivity index (χ1n) is 7.16. The van der Waals surface area contributed by atoms with Gasteiger partial charge in [0.15, 0.2) is 0 Å². The average Bonchev–Trinajstić information content (AvgIpc) is 2.36. The van der Waals surface area contributed by atoms with Crippen LogP contribution in [-0.4, -0.2) is 34.5 Å². The molecule has 0 radical (unpaired) electrons. The van der Waals surface area contributed by atoms with E-state index in [0.717, 1.165) is 19.4 Å². The van der Waals surface area contributed by atoms with Gasteiger partial charge in [-0.3, -0.25) is 9.59 Å². The minimum absolute atomic E-state index is 0.169. The van der Waals surface area contributed by atoms with E-state index in [9.17, 15) is 9.59 Å². The lowest BCUT2D eigenvalue weighted by Gasteiger charge is -2.33. The van der Waals surface area contributed by atoms with Crippen molar-refractivity contribution in [2.45, 2.75) is 70.8 Å². The van der Waals surface area contributed by atoms with Gasteiger partial charge in [0.2, 0.25) is 5.91 Å². The highest BCUT2D eigenvalue weighted by molar-refractivity contribution is 5.76. The molecule has 0 spiro atoms. The van der Waals surface area contributed by atoms with E-state index in [1.165, 1.54) is 19.3 Å². The lowest BCUT2D eigenvalue weighted by Crippen LogP contribution is -2.41. The maximum atomic E-state index is 12.1. The van der Waals surface area contributed by atoms with Gasteiger partial charge in [-0.2, -0.15) is 0 Å². The smallest absolute Gasteiger partial charge is 0.303 e. The minimum atomic E-state index is -0.776. The Morgan fingerprint density at radius 3 is 2.28 bits per heavy atom. The van der Waals surface area contributed by atoms with Gasteiger partial charge in [0.1, 0.15) is 0 Å². The number of carbonyl (C=O) groups is 2. The normalized spacial score (nSPS) is 16.5. The van der Waals surface area contributed by atoms with Crippen molar-refractivity contribution in [3.8, 4) is 0 Å². The van der Waals surface area contributed by atoms with Gasteiger partial charge in [-0.1, -0.05) is 19.3 Å². The second-order valence-electron chi connectivity index (χ2n) is 5.07. The summed E-state index contributed by atoms with van der Waals surface area (Å²) in [7, 11) is 0. The summed E-state index contributed by atoms with van der Waals surface area (Å²) in [6.45, 7) is 2.81. The number of amides is 1. The predicted octanol–water partition coefficient (Wildman–Crippen LogP) is 2.81. The van der Waals surface area contributed by atoms with Crippen molar-refractivity contribution in [2.24, 2.45) is 0 Å². The van der Waals surface area contributed by atoms with Crippen molar-refractivity contribution < 1.29 is 14.7 Å². The SMILES string of the molecule is CCN(C(=O)CCCCC(=O)O)C1CCCCC1. The van der Waals surface area contributed by atoms with Gasteiger partial charge < -0.3 is 10.0 Å². The van der Waals surface area contributed by atoms with Crippen LogP contribution in [0.2, 0.25) is 0 Å². The van der Waals surface area contributed by atoms with Crippen LogP contribution in [0.1, 0.15) is 64.7 Å². The molecule has 1 saturated carbocycles. The highest BCUT2D eigenvalue weighted by Crippen LogP contribution is 2.23. The second-order valence-corrected chi connectivity index (χ2v) is 5.07. The molecule has 0 heterocycles. The topological polar surface area (TPSA) is 57.6 Å². The van der Waals surface area contributed by atoms with Crippen LogP contribution in [0.4, 0.5) is 0 Å². The predicted molar refractivity (Wildman–Crippen MR) is 70.4 cm³/mol. The van der Waals surface area contributed by atoms with E-state index in [1.807, 2.05) is 11.8 Å². The molecule has 1 N–H and O–H groups in total. The number of carbonyl (C=O) groups excluding carboxylic acids is 1. The number of carboxylic acid groups (broad SMARTS) is 1. The molecule has 1 fully saturated rings. The molecule has 0 unspecified atom stereocenters. The van der Waals surface area contributed by atoms with E-state index in [4.69, 9.17) is 5.11 Å². The Morgan fingerprint density at radius 1 is 1.11 bits per heavy atom. The number of aliphatic carboxylic acids is 1. The van der Waals surface area contributed by atoms with Gasteiger partial charge >= 0.3 is 5.97 Å². The zero-order chi connectivity index (χ0) is 13.4. The van der Waals surface area contributed by atoms with Gasteiger partial charge in [-0.05, 0) is 32.6 Å². The molecule has 1 aliphatic rings. The number of hydrogen-bond donors (Lipinski definition) is 1. The van der Waals surface area contributed by atoms with Crippen molar-refractivity contribution >= 4 is 11.9 Å². The Kier molecular flexibility index (Phi) is 6.76. The number of nitrogens with zero attached hydrogens (tertiary/aromatic N) is 1. The number of rotatable bonds is 7. The van der Waals surface area contributed by atoms with Crippen LogP contribution in [-0.2, 0) is 9.59 Å². The summed E-state index contributed by atoms with van der Waals surface area (Å²) in [6.07, 6.45) is 7.98. The van der Waals surface area contributed by atoms with Gasteiger partial charge in [0, 0.05) is 25.4 Å². The molecule has 1 rings (SSSR count). The third kappa shape index (κ3) is 5.07. The summed E-state index contributed by atoms with van der Waals surface area (Å²) in [5, 5.41) is 8.54. The Balaban J connectivity index is 2.29. The van der Waals surface area contributed by atoms with Crippen LogP contribution in [0.5, 0.6) is 0 Å². The molecule has 0 aromatic heterocycles. The minimum Gasteiger partial charge on any atom is -0.481 e. The molecule has 1 aliphatic carbocycles. The second kappa shape index (κ2) is 8.11. The van der Waals surface area contributed by atoms with E-state index >= 15 is 0 Å². The summed E-state index contributed by atoms with van der Waals surface area (Å²) >= 11 is 0. The highest BCUT2D eigenvalue weighted by atomic mass is 16.4. The van der Waals surface area contributed by atoms with E-state index in [-0.39, 0.29) is 12.3 Å². The largest absolute Gasteiger partial charge is 0.481 e. The molecule has 0 atom stereocenters. The van der Waals surface area contributed by atoms with Crippen LogP contribution in [0.25, 0.3) is 0 Å². The van der Waals surface area contributed by atoms with Crippen molar-refractivity contribution in [2.75, 3.05) is 6.54 Å². The van der Waals surface area contributed by atoms with Crippen LogP contribution < -0.4 is 0 Å². The molecular weight excluding hydrogens is 230 g/mol. The first kappa shape index (κ1) is 15.0. The average molecular weight is 255 g/mol.